The summed E-state index contributed by atoms with van der Waals surface area (Å²) in [6.07, 6.45) is 7.15. The van der Waals surface area contributed by atoms with Crippen LogP contribution >= 0.6 is 0 Å². The van der Waals surface area contributed by atoms with Crippen LogP contribution in [0.3, 0.4) is 0 Å². The van der Waals surface area contributed by atoms with E-state index in [0.29, 0.717) is 24.8 Å². The first kappa shape index (κ1) is 24.3. The molecule has 4 atom stereocenters. The summed E-state index contributed by atoms with van der Waals surface area (Å²) in [6, 6.07) is 12.6. The fourth-order valence-corrected chi connectivity index (χ4v) is 5.86. The van der Waals surface area contributed by atoms with Gasteiger partial charge in [0.25, 0.3) is 5.91 Å². The maximum atomic E-state index is 13.5. The van der Waals surface area contributed by atoms with Gasteiger partial charge in [0.15, 0.2) is 5.96 Å². The highest BCUT2D eigenvalue weighted by Crippen LogP contribution is 2.37. The minimum atomic E-state index is -0.680. The number of aliphatic hydroxyl groups is 1. The van der Waals surface area contributed by atoms with Crippen molar-refractivity contribution >= 4 is 23.8 Å². The van der Waals surface area contributed by atoms with Crippen molar-refractivity contribution in [2.75, 3.05) is 0 Å². The molecule has 0 unspecified atom stereocenters. The van der Waals surface area contributed by atoms with Crippen molar-refractivity contribution in [3.05, 3.63) is 76.4 Å². The Kier molecular flexibility index (Phi) is 6.43. The van der Waals surface area contributed by atoms with Gasteiger partial charge in [0, 0.05) is 12.0 Å². The fourth-order valence-electron chi connectivity index (χ4n) is 5.86. The lowest BCUT2D eigenvalue weighted by atomic mass is 9.85. The van der Waals surface area contributed by atoms with Crippen molar-refractivity contribution < 1.29 is 14.7 Å². The minimum Gasteiger partial charge on any atom is -0.390 e. The third-order valence-electron chi connectivity index (χ3n) is 7.93. The summed E-state index contributed by atoms with van der Waals surface area (Å²) in [6.45, 7) is 4.06. The first-order valence-electron chi connectivity index (χ1n) is 12.9. The average molecular weight is 487 g/mol. The van der Waals surface area contributed by atoms with Gasteiger partial charge in [-0.3, -0.25) is 14.5 Å². The molecule has 0 saturated heterocycles. The van der Waals surface area contributed by atoms with Crippen molar-refractivity contribution in [1.82, 2.24) is 10.2 Å². The number of aliphatic hydroxyl groups excluding tert-OH is 1. The van der Waals surface area contributed by atoms with E-state index in [1.54, 1.807) is 11.0 Å². The molecule has 0 fully saturated rings. The summed E-state index contributed by atoms with van der Waals surface area (Å²) in [5, 5.41) is 13.8. The Balaban J connectivity index is 1.60. The second kappa shape index (κ2) is 9.54. The molecule has 1 aliphatic carbocycles. The van der Waals surface area contributed by atoms with Crippen molar-refractivity contribution in [2.24, 2.45) is 10.7 Å². The van der Waals surface area contributed by atoms with Crippen molar-refractivity contribution in [2.45, 2.75) is 76.1 Å². The van der Waals surface area contributed by atoms with Gasteiger partial charge in [-0.25, -0.2) is 4.99 Å². The molecule has 0 aromatic heterocycles. The van der Waals surface area contributed by atoms with E-state index in [1.807, 2.05) is 43.3 Å². The van der Waals surface area contributed by atoms with E-state index < -0.39 is 17.7 Å². The van der Waals surface area contributed by atoms with Crippen LogP contribution in [0, 0.1) is 0 Å². The highest BCUT2D eigenvalue weighted by molar-refractivity contribution is 6.00. The Labute approximate surface area is 212 Å². The molecule has 36 heavy (non-hydrogen) atoms. The summed E-state index contributed by atoms with van der Waals surface area (Å²) < 4.78 is 0. The van der Waals surface area contributed by atoms with Crippen molar-refractivity contribution in [3.8, 4) is 0 Å². The number of rotatable bonds is 2. The molecule has 7 nitrogen and oxygen atoms in total. The van der Waals surface area contributed by atoms with Gasteiger partial charge >= 0.3 is 0 Å². The number of carbonyl (C=O) groups is 2. The molecule has 0 saturated carbocycles. The van der Waals surface area contributed by atoms with E-state index in [-0.39, 0.29) is 23.8 Å². The molecule has 2 aromatic rings. The van der Waals surface area contributed by atoms with Crippen LogP contribution in [0.5, 0.6) is 0 Å². The van der Waals surface area contributed by atoms with Crippen LogP contribution in [0.15, 0.2) is 53.5 Å². The lowest BCUT2D eigenvalue weighted by Gasteiger charge is -2.40. The van der Waals surface area contributed by atoms with E-state index in [2.05, 4.69) is 24.4 Å². The van der Waals surface area contributed by atoms with E-state index in [1.165, 1.54) is 0 Å². The first-order chi connectivity index (χ1) is 17.3. The van der Waals surface area contributed by atoms with Gasteiger partial charge in [-0.2, -0.15) is 0 Å². The Bertz CT molecular complexity index is 1250. The third-order valence-corrected chi connectivity index (χ3v) is 7.93. The maximum absolute atomic E-state index is 13.5. The average Bonchev–Trinajstić information content (AvgIpc) is 3.17. The molecule has 2 aromatic carbocycles. The number of hydrogen-bond donors (Lipinski definition) is 3. The van der Waals surface area contributed by atoms with Gasteiger partial charge in [-0.15, -0.1) is 0 Å². The molecule has 6 bridgehead atoms. The first-order valence-corrected chi connectivity index (χ1v) is 12.9. The Hall–Kier alpha value is -3.45. The van der Waals surface area contributed by atoms with Gasteiger partial charge in [0.2, 0.25) is 5.91 Å². The number of amides is 2. The normalized spacial score (nSPS) is 28.8. The number of nitrogens with two attached hydrogens (primary N) is 1. The largest absolute Gasteiger partial charge is 0.390 e. The summed E-state index contributed by atoms with van der Waals surface area (Å²) in [5.41, 5.74) is 10.3. The topological polar surface area (TPSA) is 108 Å². The zero-order valence-corrected chi connectivity index (χ0v) is 20.9. The van der Waals surface area contributed by atoms with Crippen LogP contribution in [0.4, 0.5) is 0 Å². The summed E-state index contributed by atoms with van der Waals surface area (Å²) in [7, 11) is 0. The highest BCUT2D eigenvalue weighted by atomic mass is 16.3. The van der Waals surface area contributed by atoms with Gasteiger partial charge in [0.1, 0.15) is 0 Å². The number of nitrogens with zero attached hydrogens (tertiary/aromatic N) is 2. The van der Waals surface area contributed by atoms with Crippen LogP contribution in [0.1, 0.15) is 90.6 Å². The standard InChI is InChI=1S/C29H34N4O3/c1-3-23-20-9-7-10-21(15-20)27(36)31-26-22-14-18(11-12-19(22)16-24(26)34)8-5-6-13-29(4-2)17-25(35)33(23)28(30)32-29/h5,7-12,14-15,23-24,26,34H,3-4,6,13,16-17H2,1-2H3,(H2,30,32)(H,31,36)/b8-5-/t23-,24-,26-,29-/m1/s1. The molecule has 4 aliphatic rings. The smallest absolute Gasteiger partial charge is 0.251 e. The quantitative estimate of drug-likeness (QED) is 0.596. The number of aliphatic imine (C=N–C) groups is 1. The lowest BCUT2D eigenvalue weighted by Crippen LogP contribution is -2.52. The molecule has 0 radical (unpaired) electrons. The zero-order valence-electron chi connectivity index (χ0n) is 20.9. The van der Waals surface area contributed by atoms with Crippen molar-refractivity contribution in [3.63, 3.8) is 0 Å². The second-order valence-corrected chi connectivity index (χ2v) is 10.2. The zero-order chi connectivity index (χ0) is 25.4. The predicted molar refractivity (Wildman–Crippen MR) is 140 cm³/mol. The number of fused-ring (bicyclic) bond motifs is 4. The van der Waals surface area contributed by atoms with Crippen LogP contribution < -0.4 is 11.1 Å². The number of guanidine groups is 1. The molecular formula is C29H34N4O3. The van der Waals surface area contributed by atoms with Crippen LogP contribution in [-0.2, 0) is 11.2 Å². The van der Waals surface area contributed by atoms with E-state index >= 15 is 0 Å². The molecular weight excluding hydrogens is 452 g/mol. The van der Waals surface area contributed by atoms with Gasteiger partial charge in [-0.1, -0.05) is 50.3 Å². The maximum Gasteiger partial charge on any atom is 0.251 e. The Morgan fingerprint density at radius 1 is 1.19 bits per heavy atom. The minimum absolute atomic E-state index is 0.0366. The van der Waals surface area contributed by atoms with E-state index in [9.17, 15) is 14.7 Å². The number of nitrogens with one attached hydrogen (secondary N) is 1. The summed E-state index contributed by atoms with van der Waals surface area (Å²) >= 11 is 0. The Morgan fingerprint density at radius 2 is 2.03 bits per heavy atom. The summed E-state index contributed by atoms with van der Waals surface area (Å²) in [4.78, 5) is 33.2. The van der Waals surface area contributed by atoms with E-state index in [4.69, 9.17) is 10.7 Å². The molecule has 3 heterocycles. The number of hydrogen-bond acceptors (Lipinski definition) is 5. The van der Waals surface area contributed by atoms with Gasteiger partial charge < -0.3 is 16.2 Å². The Morgan fingerprint density at radius 3 is 2.78 bits per heavy atom. The lowest BCUT2D eigenvalue weighted by molar-refractivity contribution is -0.131. The molecule has 0 spiro atoms. The van der Waals surface area contributed by atoms with Crippen molar-refractivity contribution in [1.29, 1.82) is 0 Å². The summed E-state index contributed by atoms with van der Waals surface area (Å²) in [5.74, 6) is -0.0538. The van der Waals surface area contributed by atoms with Crippen LogP contribution in [0.2, 0.25) is 0 Å². The van der Waals surface area contributed by atoms with Gasteiger partial charge in [0.05, 0.1) is 30.1 Å². The van der Waals surface area contributed by atoms with Gasteiger partial charge in [-0.05, 0) is 66.1 Å². The number of benzene rings is 2. The van der Waals surface area contributed by atoms with Crippen LogP contribution in [0.25, 0.3) is 6.08 Å². The molecule has 2 amide bonds. The highest BCUT2D eigenvalue weighted by Gasteiger charge is 2.40. The number of allylic oxidation sites excluding steroid dienone is 1. The molecule has 188 valence electrons. The fraction of sp³-hybridized carbons (Fsp3) is 0.414. The SMILES string of the molecule is CC[C@@H]1c2cccc(c2)C(=O)N[C@@H]2c3cc(ccc3C[C@H]2O)/C=C\CC[C@]2(CC)CC(=O)N1C(N)=N2. The monoisotopic (exact) mass is 486 g/mol. The van der Waals surface area contributed by atoms with E-state index in [0.717, 1.165) is 41.5 Å². The number of carbonyl (C=O) groups excluding carboxylic acids is 2. The molecule has 4 N–H and O–H groups in total. The third kappa shape index (κ3) is 4.32. The molecule has 6 rings (SSSR count). The predicted octanol–water partition coefficient (Wildman–Crippen LogP) is 4.03. The molecule has 3 aliphatic heterocycles. The van der Waals surface area contributed by atoms with Crippen LogP contribution in [-0.4, -0.2) is 39.4 Å². The second-order valence-electron chi connectivity index (χ2n) is 10.2. The molecule has 7 heteroatoms.